The summed E-state index contributed by atoms with van der Waals surface area (Å²) in [5.41, 5.74) is -1.67. The number of ketones is 1. The molecule has 7 heteroatoms. The van der Waals surface area contributed by atoms with Gasteiger partial charge in [0, 0.05) is 35.3 Å². The van der Waals surface area contributed by atoms with Crippen molar-refractivity contribution in [1.82, 2.24) is 15.5 Å². The zero-order valence-electron chi connectivity index (χ0n) is 20.8. The molecule has 0 aromatic heterocycles. The highest BCUT2D eigenvalue weighted by Crippen LogP contribution is 2.68. The number of nitrogens with one attached hydrogen (secondary N) is 2. The maximum Gasteiger partial charge on any atom is 0.241 e. The first-order valence-corrected chi connectivity index (χ1v) is 15.0. The van der Waals surface area contributed by atoms with E-state index in [9.17, 15) is 14.4 Å². The average molecular weight is 502 g/mol. The Kier molecular flexibility index (Phi) is 5.38. The fourth-order valence-corrected chi connectivity index (χ4v) is 10.8. The Morgan fingerprint density at radius 1 is 0.800 bits per heavy atom. The molecule has 3 saturated carbocycles. The lowest BCUT2D eigenvalue weighted by molar-refractivity contribution is -0.149. The summed E-state index contributed by atoms with van der Waals surface area (Å²) >= 11 is 6.78. The number of nitrogens with zero attached hydrogens (tertiary/aromatic N) is 1. The van der Waals surface area contributed by atoms with E-state index < -0.39 is 16.9 Å². The molecule has 2 amide bonds. The molecule has 4 aliphatic heterocycles. The normalized spacial score (nSPS) is 49.7. The van der Waals surface area contributed by atoms with Crippen LogP contribution >= 0.6 is 11.6 Å². The van der Waals surface area contributed by atoms with Gasteiger partial charge in [0.2, 0.25) is 11.8 Å². The van der Waals surface area contributed by atoms with Crippen molar-refractivity contribution in [3.05, 3.63) is 0 Å². The molecule has 0 aromatic carbocycles. The van der Waals surface area contributed by atoms with Crippen molar-refractivity contribution < 1.29 is 14.4 Å². The van der Waals surface area contributed by atoms with Crippen LogP contribution in [0.4, 0.5) is 0 Å². The first kappa shape index (κ1) is 23.0. The summed E-state index contributed by atoms with van der Waals surface area (Å²) in [6.45, 7) is 0.815. The molecule has 0 bridgehead atoms. The highest BCUT2D eigenvalue weighted by molar-refractivity contribution is 6.20. The van der Waals surface area contributed by atoms with Crippen LogP contribution in [-0.4, -0.2) is 58.1 Å². The molecule has 3 aliphatic carbocycles. The Morgan fingerprint density at radius 3 is 2.34 bits per heavy atom. The van der Waals surface area contributed by atoms with Crippen LogP contribution < -0.4 is 10.6 Å². The van der Waals surface area contributed by atoms with Crippen molar-refractivity contribution >= 4 is 29.2 Å². The zero-order valence-corrected chi connectivity index (χ0v) is 21.5. The Morgan fingerprint density at radius 2 is 1.51 bits per heavy atom. The van der Waals surface area contributed by atoms with Crippen LogP contribution in [0.15, 0.2) is 0 Å². The molecule has 2 N–H and O–H groups in total. The minimum atomic E-state index is -0.905. The lowest BCUT2D eigenvalue weighted by Crippen LogP contribution is -2.62. The number of carbonyl (C=O) groups is 3. The molecule has 5 unspecified atom stereocenters. The van der Waals surface area contributed by atoms with E-state index in [2.05, 4.69) is 15.5 Å². The van der Waals surface area contributed by atoms with Crippen LogP contribution in [0.2, 0.25) is 0 Å². The molecule has 6 nitrogen and oxygen atoms in total. The molecule has 7 fully saturated rings. The second-order valence-corrected chi connectivity index (χ2v) is 13.5. The second kappa shape index (κ2) is 8.18. The van der Waals surface area contributed by atoms with Crippen molar-refractivity contribution in [2.75, 3.05) is 6.54 Å². The van der Waals surface area contributed by atoms with Crippen LogP contribution in [0, 0.1) is 29.1 Å². The number of fused-ring (bicyclic) bond motifs is 7. The second-order valence-electron chi connectivity index (χ2n) is 12.8. The molecule has 4 heterocycles. The number of amides is 2. The molecule has 7 aliphatic rings. The van der Waals surface area contributed by atoms with Crippen molar-refractivity contribution in [3.8, 4) is 0 Å². The number of rotatable bonds is 2. The molecule has 2 spiro atoms. The summed E-state index contributed by atoms with van der Waals surface area (Å²) in [5, 5.41) is 6.83. The summed E-state index contributed by atoms with van der Waals surface area (Å²) in [7, 11) is 0. The highest BCUT2D eigenvalue weighted by Gasteiger charge is 2.82. The molecule has 7 rings (SSSR count). The van der Waals surface area contributed by atoms with Crippen LogP contribution in [0.1, 0.15) is 89.9 Å². The van der Waals surface area contributed by atoms with E-state index in [0.29, 0.717) is 0 Å². The topological polar surface area (TPSA) is 78.5 Å². The monoisotopic (exact) mass is 501 g/mol. The van der Waals surface area contributed by atoms with E-state index in [1.165, 1.54) is 6.42 Å². The summed E-state index contributed by atoms with van der Waals surface area (Å²) in [6, 6.07) is 0.221. The van der Waals surface area contributed by atoms with Gasteiger partial charge in [-0.15, -0.1) is 11.6 Å². The van der Waals surface area contributed by atoms with Gasteiger partial charge in [0.05, 0.1) is 11.3 Å². The predicted molar refractivity (Wildman–Crippen MR) is 133 cm³/mol. The molecule has 0 radical (unpaired) electrons. The Labute approximate surface area is 213 Å². The maximum atomic E-state index is 14.9. The number of halogens is 1. The number of alkyl halides is 1. The molecule has 4 saturated heterocycles. The highest BCUT2D eigenvalue weighted by atomic mass is 35.5. The van der Waals surface area contributed by atoms with E-state index in [1.807, 2.05) is 0 Å². The van der Waals surface area contributed by atoms with Crippen LogP contribution in [0.3, 0.4) is 0 Å². The van der Waals surface area contributed by atoms with Gasteiger partial charge in [0.15, 0.2) is 0 Å². The number of carbonyl (C=O) groups excluding carboxylic acids is 3. The molecule has 192 valence electrons. The zero-order chi connectivity index (χ0) is 23.9. The van der Waals surface area contributed by atoms with Crippen molar-refractivity contribution in [1.29, 1.82) is 0 Å². The van der Waals surface area contributed by atoms with Gasteiger partial charge in [0.25, 0.3) is 0 Å². The SMILES string of the molecule is O=C(C1CCCCC1)[C@@H]1[C@]2(C(=O)NC3CCCCC32)[C@@H]2CCCN2[C@@]12C(=O)NC1CCC(Cl)CC12. The predicted octanol–water partition coefficient (Wildman–Crippen LogP) is 3.55. The summed E-state index contributed by atoms with van der Waals surface area (Å²) in [6.07, 6.45) is 13.9. The number of hydrogen-bond donors (Lipinski definition) is 2. The third-order valence-electron chi connectivity index (χ3n) is 11.6. The quantitative estimate of drug-likeness (QED) is 0.567. The van der Waals surface area contributed by atoms with Gasteiger partial charge in [-0.25, -0.2) is 0 Å². The maximum absolute atomic E-state index is 14.9. The molecular weight excluding hydrogens is 462 g/mol. The minimum Gasteiger partial charge on any atom is -0.352 e. The Hall–Kier alpha value is -1.14. The fraction of sp³-hybridized carbons (Fsp3) is 0.893. The third-order valence-corrected chi connectivity index (χ3v) is 12.0. The standard InChI is InChI=1S/C28H40ClN3O3/c29-17-12-13-21-19(15-17)28(26(35)31-21)24(23(33)16-7-2-1-3-8-16)27(22-11-6-14-32(22)28)18-9-4-5-10-20(18)30-25(27)34/h16-22,24H,1-15H2,(H,30,34)(H,31,35)/t17?,18?,19?,20?,21?,22-,24+,27+,28+/m0/s1. The fourth-order valence-electron chi connectivity index (χ4n) is 10.5. The van der Waals surface area contributed by atoms with Gasteiger partial charge in [-0.05, 0) is 70.3 Å². The van der Waals surface area contributed by atoms with E-state index in [1.54, 1.807) is 0 Å². The van der Waals surface area contributed by atoms with E-state index in [0.717, 1.165) is 90.0 Å². The van der Waals surface area contributed by atoms with E-state index >= 15 is 0 Å². The van der Waals surface area contributed by atoms with Gasteiger partial charge in [-0.3, -0.25) is 19.3 Å². The summed E-state index contributed by atoms with van der Waals surface area (Å²) in [4.78, 5) is 45.9. The lowest BCUT2D eigenvalue weighted by atomic mass is 9.53. The summed E-state index contributed by atoms with van der Waals surface area (Å²) < 4.78 is 0. The lowest BCUT2D eigenvalue weighted by Gasteiger charge is -2.46. The summed E-state index contributed by atoms with van der Waals surface area (Å²) in [5.74, 6) is -0.00979. The van der Waals surface area contributed by atoms with Crippen molar-refractivity contribution in [2.24, 2.45) is 29.1 Å². The third kappa shape index (κ3) is 2.85. The Balaban J connectivity index is 1.44. The van der Waals surface area contributed by atoms with Crippen LogP contribution in [-0.2, 0) is 14.4 Å². The largest absolute Gasteiger partial charge is 0.352 e. The van der Waals surface area contributed by atoms with Gasteiger partial charge in [0.1, 0.15) is 11.3 Å². The minimum absolute atomic E-state index is 0.00616. The molecule has 35 heavy (non-hydrogen) atoms. The van der Waals surface area contributed by atoms with Crippen LogP contribution in [0.5, 0.6) is 0 Å². The van der Waals surface area contributed by atoms with Gasteiger partial charge in [-0.2, -0.15) is 0 Å². The molecular formula is C28H40ClN3O3. The van der Waals surface area contributed by atoms with Crippen LogP contribution in [0.25, 0.3) is 0 Å². The number of Topliss-reactive ketones (excluding diaryl/α,β-unsaturated/α-hetero) is 1. The molecule has 0 aromatic rings. The first-order valence-electron chi connectivity index (χ1n) is 14.6. The van der Waals surface area contributed by atoms with E-state index in [4.69, 9.17) is 11.6 Å². The average Bonchev–Trinajstić information content (AvgIpc) is 3.59. The van der Waals surface area contributed by atoms with Gasteiger partial charge in [-0.1, -0.05) is 32.1 Å². The van der Waals surface area contributed by atoms with Crippen molar-refractivity contribution in [3.63, 3.8) is 0 Å². The van der Waals surface area contributed by atoms with Gasteiger partial charge >= 0.3 is 0 Å². The molecule has 9 atom stereocenters. The smallest absolute Gasteiger partial charge is 0.241 e. The van der Waals surface area contributed by atoms with Crippen molar-refractivity contribution in [2.45, 2.75) is 119 Å². The van der Waals surface area contributed by atoms with E-state index in [-0.39, 0.29) is 58.9 Å². The van der Waals surface area contributed by atoms with Gasteiger partial charge < -0.3 is 10.6 Å². The first-order chi connectivity index (χ1) is 17.0. The Bertz CT molecular complexity index is 936. The number of hydrogen-bond acceptors (Lipinski definition) is 4.